The highest BCUT2D eigenvalue weighted by atomic mass is 16.3. The topological polar surface area (TPSA) is 92.9 Å². The minimum absolute atomic E-state index is 0.125. The van der Waals surface area contributed by atoms with Gasteiger partial charge >= 0.3 is 0 Å². The van der Waals surface area contributed by atoms with Crippen LogP contribution >= 0.6 is 0 Å². The molecule has 0 unspecified atom stereocenters. The average Bonchev–Trinajstić information content (AvgIpc) is 3.07. The predicted molar refractivity (Wildman–Crippen MR) is 85.4 cm³/mol. The van der Waals surface area contributed by atoms with Crippen LogP contribution in [0.4, 0.5) is 0 Å². The third-order valence-electron chi connectivity index (χ3n) is 3.65. The Morgan fingerprint density at radius 3 is 3.00 bits per heavy atom. The number of hydrogen-bond donors (Lipinski definition) is 2. The second-order valence-corrected chi connectivity index (χ2v) is 5.67. The van der Waals surface area contributed by atoms with E-state index in [9.17, 15) is 9.59 Å². The molecule has 0 fully saturated rings. The number of H-pyrrole nitrogens is 1. The Bertz CT molecular complexity index is 905. The number of pyridine rings is 1. The van der Waals surface area contributed by atoms with Gasteiger partial charge in [0.05, 0.1) is 17.2 Å². The van der Waals surface area contributed by atoms with Crippen LogP contribution in [-0.2, 0) is 13.5 Å². The lowest BCUT2D eigenvalue weighted by Crippen LogP contribution is -2.34. The first-order chi connectivity index (χ1) is 11.0. The Labute approximate surface area is 132 Å². The van der Waals surface area contributed by atoms with Gasteiger partial charge in [-0.25, -0.2) is 4.98 Å². The molecule has 0 bridgehead atoms. The van der Waals surface area contributed by atoms with E-state index in [1.165, 1.54) is 4.68 Å². The number of furan rings is 1. The molecule has 0 radical (unpaired) electrons. The van der Waals surface area contributed by atoms with Crippen molar-refractivity contribution >= 4 is 16.9 Å². The van der Waals surface area contributed by atoms with Crippen molar-refractivity contribution in [2.45, 2.75) is 26.3 Å². The lowest BCUT2D eigenvalue weighted by molar-refractivity contribution is 0.0940. The Hall–Kier alpha value is -2.83. The van der Waals surface area contributed by atoms with Gasteiger partial charge in [-0.15, -0.1) is 0 Å². The summed E-state index contributed by atoms with van der Waals surface area (Å²) in [5.74, 6) is 0.502. The Morgan fingerprint density at radius 2 is 2.30 bits per heavy atom. The molecule has 2 N–H and O–H groups in total. The van der Waals surface area contributed by atoms with E-state index in [2.05, 4.69) is 15.4 Å². The van der Waals surface area contributed by atoms with Crippen LogP contribution in [0.5, 0.6) is 0 Å². The van der Waals surface area contributed by atoms with E-state index >= 15 is 0 Å². The van der Waals surface area contributed by atoms with Crippen LogP contribution in [0.1, 0.15) is 28.7 Å². The van der Waals surface area contributed by atoms with Crippen LogP contribution in [0, 0.1) is 6.92 Å². The second kappa shape index (κ2) is 5.75. The molecule has 7 nitrogen and oxygen atoms in total. The van der Waals surface area contributed by atoms with Crippen LogP contribution in [0.15, 0.2) is 33.7 Å². The molecular formula is C16H18N4O3. The van der Waals surface area contributed by atoms with E-state index < -0.39 is 0 Å². The number of nitrogens with zero attached hydrogens (tertiary/aromatic N) is 2. The number of hydrogen-bond acceptors (Lipinski definition) is 4. The fourth-order valence-electron chi connectivity index (χ4n) is 2.65. The highest BCUT2D eigenvalue weighted by Crippen LogP contribution is 2.15. The first kappa shape index (κ1) is 15.1. The van der Waals surface area contributed by atoms with Crippen molar-refractivity contribution in [3.05, 3.63) is 51.8 Å². The molecule has 0 aliphatic rings. The molecule has 3 heterocycles. The summed E-state index contributed by atoms with van der Waals surface area (Å²) in [5, 5.41) is 5.84. The van der Waals surface area contributed by atoms with Crippen molar-refractivity contribution in [2.75, 3.05) is 0 Å². The number of aromatic nitrogens is 3. The van der Waals surface area contributed by atoms with Gasteiger partial charge in [0.15, 0.2) is 5.65 Å². The van der Waals surface area contributed by atoms with Crippen LogP contribution < -0.4 is 10.9 Å². The molecule has 3 rings (SSSR count). The first-order valence-electron chi connectivity index (χ1n) is 7.35. The van der Waals surface area contributed by atoms with Gasteiger partial charge in [-0.05, 0) is 32.0 Å². The largest absolute Gasteiger partial charge is 0.469 e. The number of fused-ring (bicyclic) bond motifs is 1. The third kappa shape index (κ3) is 2.90. The van der Waals surface area contributed by atoms with Gasteiger partial charge in [-0.3, -0.25) is 19.4 Å². The summed E-state index contributed by atoms with van der Waals surface area (Å²) in [7, 11) is 1.69. The average molecular weight is 314 g/mol. The smallest absolute Gasteiger partial charge is 0.274 e. The lowest BCUT2D eigenvalue weighted by Gasteiger charge is -2.13. The maximum absolute atomic E-state index is 12.6. The van der Waals surface area contributed by atoms with Crippen molar-refractivity contribution in [3.8, 4) is 0 Å². The number of rotatable bonds is 4. The quantitative estimate of drug-likeness (QED) is 0.763. The number of amides is 1. The Morgan fingerprint density at radius 1 is 1.52 bits per heavy atom. The summed E-state index contributed by atoms with van der Waals surface area (Å²) >= 11 is 0. The van der Waals surface area contributed by atoms with Gasteiger partial charge in [0.1, 0.15) is 5.76 Å². The summed E-state index contributed by atoms with van der Waals surface area (Å²) in [6.45, 7) is 3.68. The molecular weight excluding hydrogens is 296 g/mol. The zero-order valence-electron chi connectivity index (χ0n) is 13.2. The fourth-order valence-corrected chi connectivity index (χ4v) is 2.65. The van der Waals surface area contributed by atoms with Gasteiger partial charge in [0, 0.05) is 25.2 Å². The monoisotopic (exact) mass is 314 g/mol. The summed E-state index contributed by atoms with van der Waals surface area (Å²) < 4.78 is 6.81. The van der Waals surface area contributed by atoms with Gasteiger partial charge < -0.3 is 9.73 Å². The summed E-state index contributed by atoms with van der Waals surface area (Å²) in [6.07, 6.45) is 2.18. The zero-order valence-corrected chi connectivity index (χ0v) is 13.2. The van der Waals surface area contributed by atoms with Gasteiger partial charge in [0.2, 0.25) is 0 Å². The molecule has 3 aromatic rings. The molecule has 1 amide bonds. The molecule has 0 aliphatic heterocycles. The molecule has 0 saturated heterocycles. The van der Waals surface area contributed by atoms with Gasteiger partial charge in [-0.1, -0.05) is 0 Å². The van der Waals surface area contributed by atoms with Crippen molar-refractivity contribution in [1.29, 1.82) is 0 Å². The van der Waals surface area contributed by atoms with Gasteiger partial charge in [0.25, 0.3) is 11.5 Å². The number of nitrogens with one attached hydrogen (secondary N) is 2. The lowest BCUT2D eigenvalue weighted by atomic mass is 10.1. The maximum atomic E-state index is 12.6. The van der Waals surface area contributed by atoms with Crippen molar-refractivity contribution < 1.29 is 9.21 Å². The highest BCUT2D eigenvalue weighted by molar-refractivity contribution is 6.05. The molecule has 1 atom stereocenters. The molecule has 0 saturated carbocycles. The number of carbonyl (C=O) groups excluding carboxylic acids is 1. The number of aromatic amines is 1. The Kier molecular flexibility index (Phi) is 3.77. The molecule has 7 heteroatoms. The molecule has 0 aromatic carbocycles. The number of carbonyl (C=O) groups is 1. The SMILES string of the molecule is Cc1cc(C(=O)N[C@H](C)Cc2ccco2)c2c(=O)[nH]n(C)c2n1. The minimum Gasteiger partial charge on any atom is -0.469 e. The molecule has 0 aliphatic carbocycles. The maximum Gasteiger partial charge on any atom is 0.274 e. The van der Waals surface area contributed by atoms with Crippen molar-refractivity contribution in [2.24, 2.45) is 7.05 Å². The Balaban J connectivity index is 1.90. The van der Waals surface area contributed by atoms with Crippen molar-refractivity contribution in [1.82, 2.24) is 20.1 Å². The molecule has 0 spiro atoms. The van der Waals surface area contributed by atoms with Crippen LogP contribution in [0.3, 0.4) is 0 Å². The normalized spacial score (nSPS) is 12.5. The predicted octanol–water partition coefficient (Wildman–Crippen LogP) is 1.52. The summed E-state index contributed by atoms with van der Waals surface area (Å²) in [5.41, 5.74) is 1.16. The molecule has 120 valence electrons. The van der Waals surface area contributed by atoms with Crippen molar-refractivity contribution in [3.63, 3.8) is 0 Å². The second-order valence-electron chi connectivity index (χ2n) is 5.67. The van der Waals surface area contributed by atoms with E-state index in [0.29, 0.717) is 28.7 Å². The summed E-state index contributed by atoms with van der Waals surface area (Å²) in [6, 6.07) is 5.18. The van der Waals surface area contributed by atoms with Crippen LogP contribution in [0.25, 0.3) is 11.0 Å². The number of aryl methyl sites for hydroxylation is 2. The minimum atomic E-state index is -0.321. The highest BCUT2D eigenvalue weighted by Gasteiger charge is 2.19. The standard InChI is InChI=1S/C16H18N4O3/c1-9(7-11-5-4-6-23-11)18-15(21)12-8-10(2)17-14-13(12)16(22)19-20(14)3/h4-6,8-9H,7H2,1-3H3,(H,18,21)(H,19,22)/t9-/m1/s1. The van der Waals surface area contributed by atoms with E-state index in [4.69, 9.17) is 4.42 Å². The summed E-state index contributed by atoms with van der Waals surface area (Å²) in [4.78, 5) is 29.0. The first-order valence-corrected chi connectivity index (χ1v) is 7.35. The van der Waals surface area contributed by atoms with Crippen LogP contribution in [0.2, 0.25) is 0 Å². The van der Waals surface area contributed by atoms with E-state index in [1.807, 2.05) is 19.1 Å². The molecule has 3 aromatic heterocycles. The van der Waals surface area contributed by atoms with E-state index in [1.54, 1.807) is 26.3 Å². The van der Waals surface area contributed by atoms with Gasteiger partial charge in [-0.2, -0.15) is 0 Å². The van der Waals surface area contributed by atoms with E-state index in [0.717, 1.165) is 5.76 Å². The van der Waals surface area contributed by atoms with E-state index in [-0.39, 0.29) is 17.5 Å². The third-order valence-corrected chi connectivity index (χ3v) is 3.65. The molecule has 23 heavy (non-hydrogen) atoms. The zero-order chi connectivity index (χ0) is 16.6. The van der Waals surface area contributed by atoms with Crippen LogP contribution in [-0.4, -0.2) is 26.7 Å². The fraction of sp³-hybridized carbons (Fsp3) is 0.312.